The highest BCUT2D eigenvalue weighted by molar-refractivity contribution is 5.75. The van der Waals surface area contributed by atoms with E-state index in [-0.39, 0.29) is 29.9 Å². The first kappa shape index (κ1) is 18.2. The molecule has 1 aromatic carbocycles. The molecule has 0 radical (unpaired) electrons. The van der Waals surface area contributed by atoms with Crippen molar-refractivity contribution in [3.63, 3.8) is 0 Å². The van der Waals surface area contributed by atoms with Crippen molar-refractivity contribution >= 4 is 11.9 Å². The molecule has 1 aromatic rings. The summed E-state index contributed by atoms with van der Waals surface area (Å²) in [6.45, 7) is 7.69. The number of hydrogen-bond acceptors (Lipinski definition) is 4. The summed E-state index contributed by atoms with van der Waals surface area (Å²) < 4.78 is 10.7. The number of carbonyl (C=O) groups is 2. The predicted molar refractivity (Wildman–Crippen MR) is 85.5 cm³/mol. The third-order valence-corrected chi connectivity index (χ3v) is 3.31. The molecule has 122 valence electrons. The normalized spacial score (nSPS) is 13.5. The lowest BCUT2D eigenvalue weighted by molar-refractivity contribution is -0.153. The molecule has 2 unspecified atom stereocenters. The van der Waals surface area contributed by atoms with Crippen molar-refractivity contribution in [2.75, 3.05) is 0 Å². The summed E-state index contributed by atoms with van der Waals surface area (Å²) in [5, 5.41) is 0. The Morgan fingerprint density at radius 3 is 2.27 bits per heavy atom. The standard InChI is InChI=1S/C18H26O4/c1-5-15(21-17(19)11-13(2)3)12-14(4)18(20)22-16-9-7-6-8-10-16/h6-10,13-15H,5,11-12H2,1-4H3. The van der Waals surface area contributed by atoms with Crippen LogP contribution in [0.2, 0.25) is 0 Å². The van der Waals surface area contributed by atoms with Crippen LogP contribution in [-0.2, 0) is 14.3 Å². The van der Waals surface area contributed by atoms with Gasteiger partial charge in [0.2, 0.25) is 0 Å². The van der Waals surface area contributed by atoms with Crippen molar-refractivity contribution in [3.05, 3.63) is 30.3 Å². The van der Waals surface area contributed by atoms with Crippen LogP contribution in [0.4, 0.5) is 0 Å². The Bertz CT molecular complexity index is 467. The largest absolute Gasteiger partial charge is 0.462 e. The molecule has 4 heteroatoms. The molecule has 0 bridgehead atoms. The van der Waals surface area contributed by atoms with Crippen LogP contribution in [0.3, 0.4) is 0 Å². The first-order valence-corrected chi connectivity index (χ1v) is 7.88. The second kappa shape index (κ2) is 9.23. The minimum Gasteiger partial charge on any atom is -0.462 e. The minimum atomic E-state index is -0.322. The fourth-order valence-electron chi connectivity index (χ4n) is 2.06. The maximum Gasteiger partial charge on any atom is 0.314 e. The lowest BCUT2D eigenvalue weighted by Gasteiger charge is -2.20. The summed E-state index contributed by atoms with van der Waals surface area (Å²) in [5.74, 6) is -0.0262. The van der Waals surface area contributed by atoms with Crippen LogP contribution in [-0.4, -0.2) is 18.0 Å². The van der Waals surface area contributed by atoms with E-state index in [2.05, 4.69) is 0 Å². The number of carbonyl (C=O) groups excluding carboxylic acids is 2. The van der Waals surface area contributed by atoms with Crippen molar-refractivity contribution in [2.45, 2.75) is 53.1 Å². The molecule has 0 aliphatic rings. The Balaban J connectivity index is 2.48. The zero-order valence-electron chi connectivity index (χ0n) is 13.9. The van der Waals surface area contributed by atoms with Crippen LogP contribution in [0, 0.1) is 11.8 Å². The molecule has 22 heavy (non-hydrogen) atoms. The molecule has 0 N–H and O–H groups in total. The van der Waals surface area contributed by atoms with Gasteiger partial charge in [0, 0.05) is 6.42 Å². The van der Waals surface area contributed by atoms with E-state index in [0.29, 0.717) is 25.0 Å². The van der Waals surface area contributed by atoms with Gasteiger partial charge in [0.1, 0.15) is 11.9 Å². The van der Waals surface area contributed by atoms with Crippen molar-refractivity contribution < 1.29 is 19.1 Å². The number of benzene rings is 1. The van der Waals surface area contributed by atoms with E-state index in [0.717, 1.165) is 0 Å². The molecule has 0 spiro atoms. The Morgan fingerprint density at radius 2 is 1.73 bits per heavy atom. The van der Waals surface area contributed by atoms with Crippen molar-refractivity contribution in [3.8, 4) is 5.75 Å². The fourth-order valence-corrected chi connectivity index (χ4v) is 2.06. The second-order valence-corrected chi connectivity index (χ2v) is 5.99. The van der Waals surface area contributed by atoms with E-state index >= 15 is 0 Å². The Labute approximate surface area is 132 Å². The molecule has 2 atom stereocenters. The van der Waals surface area contributed by atoms with E-state index in [1.807, 2.05) is 39.0 Å². The van der Waals surface area contributed by atoms with E-state index in [9.17, 15) is 9.59 Å². The summed E-state index contributed by atoms with van der Waals surface area (Å²) in [6.07, 6.45) is 1.32. The molecule has 0 saturated carbocycles. The van der Waals surface area contributed by atoms with Gasteiger partial charge in [0.05, 0.1) is 5.92 Å². The van der Waals surface area contributed by atoms with E-state index in [1.165, 1.54) is 0 Å². The third kappa shape index (κ3) is 6.74. The number of para-hydroxylation sites is 1. The molecule has 0 heterocycles. The van der Waals surface area contributed by atoms with E-state index in [4.69, 9.17) is 9.47 Å². The van der Waals surface area contributed by atoms with Crippen LogP contribution >= 0.6 is 0 Å². The zero-order valence-corrected chi connectivity index (χ0v) is 13.9. The van der Waals surface area contributed by atoms with Crippen molar-refractivity contribution in [1.82, 2.24) is 0 Å². The molecule has 0 amide bonds. The van der Waals surface area contributed by atoms with Crippen LogP contribution in [0.15, 0.2) is 30.3 Å². The average Bonchev–Trinajstić information content (AvgIpc) is 2.46. The predicted octanol–water partition coefficient (Wildman–Crippen LogP) is 3.99. The third-order valence-electron chi connectivity index (χ3n) is 3.31. The molecule has 0 aromatic heterocycles. The summed E-state index contributed by atoms with van der Waals surface area (Å²) in [4.78, 5) is 23.8. The van der Waals surface area contributed by atoms with Gasteiger partial charge in [-0.25, -0.2) is 0 Å². The number of rotatable bonds is 8. The molecule has 0 fully saturated rings. The zero-order chi connectivity index (χ0) is 16.5. The Kier molecular flexibility index (Phi) is 7.64. The van der Waals surface area contributed by atoms with Gasteiger partial charge in [-0.05, 0) is 30.9 Å². The molecular weight excluding hydrogens is 280 g/mol. The Morgan fingerprint density at radius 1 is 1.09 bits per heavy atom. The number of esters is 2. The van der Waals surface area contributed by atoms with Gasteiger partial charge in [-0.3, -0.25) is 9.59 Å². The van der Waals surface area contributed by atoms with Crippen LogP contribution in [0.5, 0.6) is 5.75 Å². The molecule has 0 aliphatic carbocycles. The first-order chi connectivity index (χ1) is 10.4. The quantitative estimate of drug-likeness (QED) is 0.538. The van der Waals surface area contributed by atoms with Gasteiger partial charge in [-0.2, -0.15) is 0 Å². The van der Waals surface area contributed by atoms with Gasteiger partial charge in [0.25, 0.3) is 0 Å². The van der Waals surface area contributed by atoms with Crippen molar-refractivity contribution in [2.24, 2.45) is 11.8 Å². The maximum absolute atomic E-state index is 12.1. The molecule has 4 nitrogen and oxygen atoms in total. The van der Waals surface area contributed by atoms with Crippen LogP contribution in [0.25, 0.3) is 0 Å². The summed E-state index contributed by atoms with van der Waals surface area (Å²) in [5.41, 5.74) is 0. The van der Waals surface area contributed by atoms with Gasteiger partial charge >= 0.3 is 11.9 Å². The second-order valence-electron chi connectivity index (χ2n) is 5.99. The van der Waals surface area contributed by atoms with Gasteiger partial charge in [-0.15, -0.1) is 0 Å². The summed E-state index contributed by atoms with van der Waals surface area (Å²) in [7, 11) is 0. The Hall–Kier alpha value is -1.84. The first-order valence-electron chi connectivity index (χ1n) is 7.88. The van der Waals surface area contributed by atoms with Crippen molar-refractivity contribution in [1.29, 1.82) is 0 Å². The smallest absolute Gasteiger partial charge is 0.314 e. The highest BCUT2D eigenvalue weighted by atomic mass is 16.5. The van der Waals surface area contributed by atoms with E-state index < -0.39 is 0 Å². The highest BCUT2D eigenvalue weighted by Gasteiger charge is 2.22. The lowest BCUT2D eigenvalue weighted by atomic mass is 10.0. The number of hydrogen-bond donors (Lipinski definition) is 0. The lowest BCUT2D eigenvalue weighted by Crippen LogP contribution is -2.26. The van der Waals surface area contributed by atoms with Gasteiger partial charge in [-0.1, -0.05) is 45.9 Å². The van der Waals surface area contributed by atoms with E-state index in [1.54, 1.807) is 19.1 Å². The molecule has 0 aliphatic heterocycles. The number of ether oxygens (including phenoxy) is 2. The summed E-state index contributed by atoms with van der Waals surface area (Å²) in [6, 6.07) is 8.98. The fraction of sp³-hybridized carbons (Fsp3) is 0.556. The van der Waals surface area contributed by atoms with Crippen LogP contribution < -0.4 is 4.74 Å². The van der Waals surface area contributed by atoms with Crippen LogP contribution in [0.1, 0.15) is 47.0 Å². The summed E-state index contributed by atoms with van der Waals surface area (Å²) >= 11 is 0. The molecular formula is C18H26O4. The average molecular weight is 306 g/mol. The monoisotopic (exact) mass is 306 g/mol. The molecule has 1 rings (SSSR count). The maximum atomic E-state index is 12.1. The van der Waals surface area contributed by atoms with Gasteiger partial charge in [0.15, 0.2) is 0 Å². The van der Waals surface area contributed by atoms with Gasteiger partial charge < -0.3 is 9.47 Å². The minimum absolute atomic E-state index is 0.203. The topological polar surface area (TPSA) is 52.6 Å². The highest BCUT2D eigenvalue weighted by Crippen LogP contribution is 2.17. The SMILES string of the molecule is CCC(CC(C)C(=O)Oc1ccccc1)OC(=O)CC(C)C. The molecule has 0 saturated heterocycles.